The number of nitrogens with one attached hydrogen (secondary N) is 1. The van der Waals surface area contributed by atoms with Crippen molar-refractivity contribution in [2.75, 3.05) is 19.6 Å². The Morgan fingerprint density at radius 3 is 2.47 bits per heavy atom. The molecule has 1 aromatic carbocycles. The van der Waals surface area contributed by atoms with Crippen LogP contribution in [-0.4, -0.2) is 46.8 Å². The molecule has 0 spiro atoms. The molecule has 0 saturated carbocycles. The van der Waals surface area contributed by atoms with Gasteiger partial charge < -0.3 is 14.6 Å². The Morgan fingerprint density at radius 2 is 1.75 bits per heavy atom. The number of fused-ring (bicyclic) bond motifs is 1. The van der Waals surface area contributed by atoms with Crippen molar-refractivity contribution in [3.63, 3.8) is 0 Å². The van der Waals surface area contributed by atoms with Crippen LogP contribution in [0.1, 0.15) is 67.2 Å². The van der Waals surface area contributed by atoms with Crippen molar-refractivity contribution in [1.29, 1.82) is 0 Å². The van der Waals surface area contributed by atoms with Gasteiger partial charge in [-0.15, -0.1) is 0 Å². The van der Waals surface area contributed by atoms with E-state index in [4.69, 9.17) is 0 Å². The van der Waals surface area contributed by atoms with E-state index in [-0.39, 0.29) is 5.78 Å². The lowest BCUT2D eigenvalue weighted by Crippen LogP contribution is -2.54. The molecule has 0 unspecified atom stereocenters. The lowest BCUT2D eigenvalue weighted by atomic mass is 10.00. The molecule has 0 amide bonds. The van der Waals surface area contributed by atoms with Gasteiger partial charge in [-0.25, -0.2) is 0 Å². The molecule has 0 bridgehead atoms. The van der Waals surface area contributed by atoms with Crippen molar-refractivity contribution < 1.29 is 4.79 Å². The van der Waals surface area contributed by atoms with Gasteiger partial charge in [0.05, 0.1) is 5.69 Å². The van der Waals surface area contributed by atoms with Crippen LogP contribution in [0.2, 0.25) is 0 Å². The minimum absolute atomic E-state index is 0.123. The fraction of sp³-hybridized carbons (Fsp3) is 0.464. The minimum Gasteiger partial charge on any atom is -0.313 e. The Balaban J connectivity index is 1.42. The highest BCUT2D eigenvalue weighted by Gasteiger charge is 2.21. The number of hydrogen-bond acceptors (Lipinski definition) is 3. The lowest BCUT2D eigenvalue weighted by Gasteiger charge is -2.36. The van der Waals surface area contributed by atoms with Crippen LogP contribution in [0.5, 0.6) is 0 Å². The van der Waals surface area contributed by atoms with E-state index in [0.29, 0.717) is 12.1 Å². The molecule has 1 fully saturated rings. The molecule has 170 valence electrons. The van der Waals surface area contributed by atoms with E-state index in [2.05, 4.69) is 59.7 Å². The molecular formula is C28H37N3O. The second-order valence-corrected chi connectivity index (χ2v) is 9.48. The predicted octanol–water partition coefficient (Wildman–Crippen LogP) is 5.13. The number of piperazine rings is 1. The Kier molecular flexibility index (Phi) is 7.44. The lowest BCUT2D eigenvalue weighted by molar-refractivity contribution is 0.103. The Labute approximate surface area is 192 Å². The minimum atomic E-state index is 0.123. The van der Waals surface area contributed by atoms with Gasteiger partial charge in [-0.1, -0.05) is 43.7 Å². The quantitative estimate of drug-likeness (QED) is 0.477. The zero-order valence-electron chi connectivity index (χ0n) is 19.8. The van der Waals surface area contributed by atoms with Crippen LogP contribution >= 0.6 is 0 Å². The summed E-state index contributed by atoms with van der Waals surface area (Å²) in [5.41, 5.74) is 5.16. The van der Waals surface area contributed by atoms with E-state index in [0.717, 1.165) is 74.1 Å². The van der Waals surface area contributed by atoms with Gasteiger partial charge in [-0.2, -0.15) is 0 Å². The first-order valence-corrected chi connectivity index (χ1v) is 12.3. The average molecular weight is 432 g/mol. The maximum absolute atomic E-state index is 13.5. The SMILES string of the molecule is CCCCc1cc2ccccn2c1C(=O)c1ccc(CCCN2C[C@@H](C)N[C@@H](C)C2)cc1. The molecule has 3 aromatic rings. The number of aryl methyl sites for hydroxylation is 2. The molecule has 1 aliphatic heterocycles. The van der Waals surface area contributed by atoms with Crippen LogP contribution in [0.15, 0.2) is 54.7 Å². The molecule has 4 nitrogen and oxygen atoms in total. The van der Waals surface area contributed by atoms with Crippen LogP contribution in [0, 0.1) is 0 Å². The summed E-state index contributed by atoms with van der Waals surface area (Å²) in [5, 5.41) is 3.60. The number of hydrogen-bond donors (Lipinski definition) is 1. The maximum Gasteiger partial charge on any atom is 0.210 e. The summed E-state index contributed by atoms with van der Waals surface area (Å²) in [6.45, 7) is 10.1. The molecule has 2 aromatic heterocycles. The number of benzene rings is 1. The molecular weight excluding hydrogens is 394 g/mol. The normalized spacial score (nSPS) is 19.5. The summed E-state index contributed by atoms with van der Waals surface area (Å²) in [6, 6.07) is 17.7. The van der Waals surface area contributed by atoms with E-state index in [9.17, 15) is 4.79 Å². The number of carbonyl (C=O) groups excluding carboxylic acids is 1. The number of pyridine rings is 1. The van der Waals surface area contributed by atoms with Gasteiger partial charge >= 0.3 is 0 Å². The summed E-state index contributed by atoms with van der Waals surface area (Å²) in [5.74, 6) is 0.123. The Hall–Kier alpha value is -2.43. The van der Waals surface area contributed by atoms with E-state index in [1.54, 1.807) is 0 Å². The standard InChI is InChI=1S/C28H37N3O/c1-4-5-10-25-18-26-11-6-7-17-31(26)27(25)28(32)24-14-12-23(13-15-24)9-8-16-30-19-21(2)29-22(3)20-30/h6-7,11-15,17-18,21-22,29H,4-5,8-10,16,19-20H2,1-3H3/t21-,22+. The Bertz CT molecular complexity index is 1030. The summed E-state index contributed by atoms with van der Waals surface area (Å²) in [4.78, 5) is 16.0. The largest absolute Gasteiger partial charge is 0.313 e. The molecule has 4 rings (SSSR count). The molecule has 3 heterocycles. The second kappa shape index (κ2) is 10.5. The fourth-order valence-electron chi connectivity index (χ4n) is 5.08. The predicted molar refractivity (Wildman–Crippen MR) is 133 cm³/mol. The fourth-order valence-corrected chi connectivity index (χ4v) is 5.08. The third-order valence-corrected chi connectivity index (χ3v) is 6.56. The number of carbonyl (C=O) groups is 1. The van der Waals surface area contributed by atoms with Crippen molar-refractivity contribution in [3.8, 4) is 0 Å². The third kappa shape index (κ3) is 5.31. The average Bonchev–Trinajstić information content (AvgIpc) is 3.15. The molecule has 1 aliphatic rings. The topological polar surface area (TPSA) is 36.8 Å². The van der Waals surface area contributed by atoms with Crippen molar-refractivity contribution in [3.05, 3.63) is 77.1 Å². The first-order chi connectivity index (χ1) is 15.5. The van der Waals surface area contributed by atoms with Crippen molar-refractivity contribution >= 4 is 11.3 Å². The molecule has 4 heteroatoms. The molecule has 2 atom stereocenters. The monoisotopic (exact) mass is 431 g/mol. The second-order valence-electron chi connectivity index (χ2n) is 9.48. The van der Waals surface area contributed by atoms with Crippen LogP contribution in [0.3, 0.4) is 0 Å². The van der Waals surface area contributed by atoms with Gasteiger partial charge in [0.1, 0.15) is 0 Å². The highest BCUT2D eigenvalue weighted by Crippen LogP contribution is 2.22. The zero-order chi connectivity index (χ0) is 22.5. The van der Waals surface area contributed by atoms with Gasteiger partial charge in [-0.05, 0) is 75.4 Å². The maximum atomic E-state index is 13.5. The van der Waals surface area contributed by atoms with Crippen LogP contribution < -0.4 is 5.32 Å². The van der Waals surface area contributed by atoms with E-state index >= 15 is 0 Å². The smallest absolute Gasteiger partial charge is 0.210 e. The van der Waals surface area contributed by atoms with Crippen LogP contribution in [0.4, 0.5) is 0 Å². The van der Waals surface area contributed by atoms with Crippen molar-refractivity contribution in [1.82, 2.24) is 14.6 Å². The molecule has 32 heavy (non-hydrogen) atoms. The molecule has 0 aliphatic carbocycles. The zero-order valence-corrected chi connectivity index (χ0v) is 19.8. The van der Waals surface area contributed by atoms with Gasteiger partial charge in [0.2, 0.25) is 5.78 Å². The summed E-state index contributed by atoms with van der Waals surface area (Å²) >= 11 is 0. The third-order valence-electron chi connectivity index (χ3n) is 6.56. The van der Waals surface area contributed by atoms with Crippen LogP contribution in [-0.2, 0) is 12.8 Å². The number of nitrogens with zero attached hydrogens (tertiary/aromatic N) is 2. The van der Waals surface area contributed by atoms with E-state index in [1.807, 2.05) is 30.5 Å². The van der Waals surface area contributed by atoms with E-state index < -0.39 is 0 Å². The van der Waals surface area contributed by atoms with Gasteiger partial charge in [0, 0.05) is 42.5 Å². The van der Waals surface area contributed by atoms with Gasteiger partial charge in [0.15, 0.2) is 0 Å². The summed E-state index contributed by atoms with van der Waals surface area (Å²) in [7, 11) is 0. The molecule has 1 saturated heterocycles. The van der Waals surface area contributed by atoms with Crippen molar-refractivity contribution in [2.24, 2.45) is 0 Å². The highest BCUT2D eigenvalue weighted by molar-refractivity contribution is 6.09. The molecule has 0 radical (unpaired) electrons. The highest BCUT2D eigenvalue weighted by atomic mass is 16.1. The number of aromatic nitrogens is 1. The summed E-state index contributed by atoms with van der Waals surface area (Å²) < 4.78 is 2.05. The van der Waals surface area contributed by atoms with E-state index in [1.165, 1.54) is 5.56 Å². The van der Waals surface area contributed by atoms with Gasteiger partial charge in [0.25, 0.3) is 0 Å². The van der Waals surface area contributed by atoms with Crippen molar-refractivity contribution in [2.45, 2.75) is 65.0 Å². The number of rotatable bonds is 9. The first-order valence-electron chi connectivity index (χ1n) is 12.3. The number of unbranched alkanes of at least 4 members (excludes halogenated alkanes) is 1. The van der Waals surface area contributed by atoms with Crippen LogP contribution in [0.25, 0.3) is 5.52 Å². The van der Waals surface area contributed by atoms with Gasteiger partial charge in [-0.3, -0.25) is 4.79 Å². The number of ketones is 1. The summed E-state index contributed by atoms with van der Waals surface area (Å²) in [6.07, 6.45) is 7.38. The Morgan fingerprint density at radius 1 is 1.00 bits per heavy atom. The first kappa shape index (κ1) is 22.8. The molecule has 1 N–H and O–H groups in total.